The Kier molecular flexibility index (Phi) is 5.73. The highest BCUT2D eigenvalue weighted by Gasteiger charge is 2.30. The van der Waals surface area contributed by atoms with Crippen molar-refractivity contribution in [3.8, 4) is 11.4 Å². The Bertz CT molecular complexity index is 1300. The largest absolute Gasteiger partial charge is 0.453 e. The number of hydrogen-bond donors (Lipinski definition) is 1. The molecular weight excluding hydrogens is 442 g/mol. The van der Waals surface area contributed by atoms with E-state index in [9.17, 15) is 4.79 Å². The van der Waals surface area contributed by atoms with Gasteiger partial charge in [0.15, 0.2) is 0 Å². The molecule has 1 atom stereocenters. The summed E-state index contributed by atoms with van der Waals surface area (Å²) in [5.41, 5.74) is 3.75. The topological polar surface area (TPSA) is 68.6 Å². The number of anilines is 1. The van der Waals surface area contributed by atoms with Crippen molar-refractivity contribution in [3.63, 3.8) is 0 Å². The number of carbonyl (C=O) groups is 1. The third-order valence-corrected chi connectivity index (χ3v) is 6.39. The summed E-state index contributed by atoms with van der Waals surface area (Å²) >= 11 is 0. The summed E-state index contributed by atoms with van der Waals surface area (Å²) in [6.07, 6.45) is 0.183. The van der Waals surface area contributed by atoms with E-state index in [0.29, 0.717) is 49.3 Å². The molecule has 7 nitrogen and oxygen atoms in total. The van der Waals surface area contributed by atoms with Crippen molar-refractivity contribution in [3.05, 3.63) is 59.3 Å². The van der Waals surface area contributed by atoms with Gasteiger partial charge in [0.1, 0.15) is 17.5 Å². The second kappa shape index (κ2) is 8.72. The van der Waals surface area contributed by atoms with Crippen molar-refractivity contribution in [1.82, 2.24) is 14.5 Å². The lowest BCUT2D eigenvalue weighted by atomic mass is 9.97. The van der Waals surface area contributed by atoms with Crippen LogP contribution in [0.3, 0.4) is 0 Å². The number of allylic oxidation sites excluding steroid dienone is 1. The van der Waals surface area contributed by atoms with Gasteiger partial charge in [0.2, 0.25) is 0 Å². The minimum Gasteiger partial charge on any atom is -0.453 e. The van der Waals surface area contributed by atoms with Crippen LogP contribution in [0.15, 0.2) is 36.5 Å². The number of amides is 1. The van der Waals surface area contributed by atoms with Gasteiger partial charge in [-0.05, 0) is 43.5 Å². The summed E-state index contributed by atoms with van der Waals surface area (Å²) in [7, 11) is 1.34. The first kappa shape index (κ1) is 22.3. The molecule has 0 saturated carbocycles. The van der Waals surface area contributed by atoms with E-state index in [0.717, 1.165) is 16.8 Å². The Labute approximate surface area is 196 Å². The van der Waals surface area contributed by atoms with E-state index < -0.39 is 17.7 Å². The van der Waals surface area contributed by atoms with Gasteiger partial charge in [0.25, 0.3) is 0 Å². The molecule has 1 fully saturated rings. The average Bonchev–Trinajstić information content (AvgIpc) is 3.15. The molecule has 1 N–H and O–H groups in total. The zero-order chi connectivity index (χ0) is 24.0. The lowest BCUT2D eigenvalue weighted by Crippen LogP contribution is -2.47. The number of aromatic nitrogens is 2. The number of aryl methyl sites for hydroxylation is 1. The molecule has 34 heavy (non-hydrogen) atoms. The fraction of sp³-hybridized carbons (Fsp3) is 0.360. The number of nitrogens with zero attached hydrogens (tertiary/aromatic N) is 3. The van der Waals surface area contributed by atoms with Gasteiger partial charge in [-0.1, -0.05) is 12.6 Å². The van der Waals surface area contributed by atoms with Crippen LogP contribution in [0.4, 0.5) is 19.3 Å². The van der Waals surface area contributed by atoms with Gasteiger partial charge in [0.05, 0.1) is 49.5 Å². The normalized spacial score (nSPS) is 18.1. The predicted molar refractivity (Wildman–Crippen MR) is 125 cm³/mol. The summed E-state index contributed by atoms with van der Waals surface area (Å²) in [5, 5.41) is 2.98. The van der Waals surface area contributed by atoms with Crippen LogP contribution in [0, 0.1) is 18.6 Å². The molecule has 0 radical (unpaired) electrons. The molecule has 0 spiro atoms. The molecule has 3 aromatic rings. The van der Waals surface area contributed by atoms with Crippen LogP contribution in [0.5, 0.6) is 0 Å². The number of hydrogen-bond acceptors (Lipinski definition) is 5. The molecular formula is C25H26F2N4O3. The predicted octanol–water partition coefficient (Wildman–Crippen LogP) is 4.63. The standard InChI is InChI=1S/C25H26F2N4O3/c1-14-4-7-21-20(10-14)29-24(31(21)13-16-12-30(8-9-34-16)25(32)33-3)22-18(26)11-19-17(23(22)27)6-5-15(2)28-19/h4,7,10-11,16,28H,2,5-6,8-9,12-13H2,1,3H3/t16-/m1/s1. The van der Waals surface area contributed by atoms with Crippen molar-refractivity contribution >= 4 is 22.8 Å². The number of benzene rings is 2. The number of fused-ring (bicyclic) bond motifs is 2. The second-order valence-electron chi connectivity index (χ2n) is 8.75. The summed E-state index contributed by atoms with van der Waals surface area (Å²) < 4.78 is 43.6. The third kappa shape index (κ3) is 3.90. The molecule has 0 unspecified atom stereocenters. The molecule has 2 aliphatic rings. The molecule has 1 amide bonds. The summed E-state index contributed by atoms with van der Waals surface area (Å²) in [6.45, 7) is 7.15. The Balaban J connectivity index is 1.61. The maximum absolute atomic E-state index is 15.7. The number of morpholine rings is 1. The van der Waals surface area contributed by atoms with Crippen LogP contribution in [0.25, 0.3) is 22.4 Å². The summed E-state index contributed by atoms with van der Waals surface area (Å²) in [6, 6.07) is 7.02. The quantitative estimate of drug-likeness (QED) is 0.607. The Hall–Kier alpha value is -3.46. The highest BCUT2D eigenvalue weighted by Crippen LogP contribution is 2.37. The number of imidazole rings is 1. The van der Waals surface area contributed by atoms with Crippen molar-refractivity contribution in [1.29, 1.82) is 0 Å². The number of halogens is 2. The van der Waals surface area contributed by atoms with E-state index in [1.807, 2.05) is 25.1 Å². The maximum atomic E-state index is 15.7. The number of ether oxygens (including phenoxy) is 2. The zero-order valence-corrected chi connectivity index (χ0v) is 19.2. The molecule has 0 bridgehead atoms. The minimum atomic E-state index is -0.701. The van der Waals surface area contributed by atoms with Crippen LogP contribution in [0.1, 0.15) is 17.5 Å². The Morgan fingerprint density at radius 3 is 2.94 bits per heavy atom. The van der Waals surface area contributed by atoms with Gasteiger partial charge in [-0.2, -0.15) is 0 Å². The lowest BCUT2D eigenvalue weighted by molar-refractivity contribution is -0.0310. The molecule has 2 aliphatic heterocycles. The van der Waals surface area contributed by atoms with E-state index >= 15 is 8.78 Å². The molecule has 2 aromatic carbocycles. The molecule has 5 rings (SSSR count). The van der Waals surface area contributed by atoms with Crippen LogP contribution < -0.4 is 5.32 Å². The van der Waals surface area contributed by atoms with Crippen LogP contribution in [-0.2, 0) is 22.4 Å². The fourth-order valence-electron chi connectivity index (χ4n) is 4.69. The summed E-state index contributed by atoms with van der Waals surface area (Å²) in [5.74, 6) is -1.13. The van der Waals surface area contributed by atoms with Crippen molar-refractivity contribution in [2.45, 2.75) is 32.4 Å². The second-order valence-corrected chi connectivity index (χ2v) is 8.75. The smallest absolute Gasteiger partial charge is 0.409 e. The van der Waals surface area contributed by atoms with Crippen molar-refractivity contribution in [2.75, 3.05) is 32.1 Å². The Morgan fingerprint density at radius 2 is 2.15 bits per heavy atom. The van der Waals surface area contributed by atoms with Crippen LogP contribution in [0.2, 0.25) is 0 Å². The molecule has 1 saturated heterocycles. The molecule has 9 heteroatoms. The van der Waals surface area contributed by atoms with E-state index in [4.69, 9.17) is 9.47 Å². The van der Waals surface area contributed by atoms with Gasteiger partial charge in [-0.15, -0.1) is 0 Å². The Morgan fingerprint density at radius 1 is 1.32 bits per heavy atom. The fourth-order valence-corrected chi connectivity index (χ4v) is 4.69. The molecule has 1 aromatic heterocycles. The van der Waals surface area contributed by atoms with Gasteiger partial charge in [-0.3, -0.25) is 0 Å². The molecule has 178 valence electrons. The first-order chi connectivity index (χ1) is 16.4. The molecule has 3 heterocycles. The maximum Gasteiger partial charge on any atom is 0.409 e. The first-order valence-corrected chi connectivity index (χ1v) is 11.2. The zero-order valence-electron chi connectivity index (χ0n) is 19.2. The van der Waals surface area contributed by atoms with Gasteiger partial charge < -0.3 is 24.3 Å². The minimum absolute atomic E-state index is 0.164. The number of carbonyl (C=O) groups excluding carboxylic acids is 1. The van der Waals surface area contributed by atoms with E-state index in [1.54, 1.807) is 9.47 Å². The number of rotatable bonds is 3. The van der Waals surface area contributed by atoms with E-state index in [1.165, 1.54) is 13.2 Å². The SMILES string of the molecule is C=C1CCc2c(cc(F)c(-c3nc4cc(C)ccc4n3C[C@H]3CN(C(=O)OC)CCO3)c2F)N1. The number of methoxy groups -OCH3 is 1. The van der Waals surface area contributed by atoms with Crippen LogP contribution in [-0.4, -0.2) is 53.5 Å². The van der Waals surface area contributed by atoms with Crippen LogP contribution >= 0.6 is 0 Å². The monoisotopic (exact) mass is 468 g/mol. The average molecular weight is 469 g/mol. The molecule has 0 aliphatic carbocycles. The van der Waals surface area contributed by atoms with Crippen molar-refractivity contribution in [2.24, 2.45) is 0 Å². The highest BCUT2D eigenvalue weighted by atomic mass is 19.1. The van der Waals surface area contributed by atoms with Gasteiger partial charge in [-0.25, -0.2) is 18.6 Å². The van der Waals surface area contributed by atoms with Gasteiger partial charge >= 0.3 is 6.09 Å². The summed E-state index contributed by atoms with van der Waals surface area (Å²) in [4.78, 5) is 18.2. The van der Waals surface area contributed by atoms with E-state index in [2.05, 4.69) is 16.9 Å². The third-order valence-electron chi connectivity index (χ3n) is 6.39. The van der Waals surface area contributed by atoms with Gasteiger partial charge in [0, 0.05) is 23.5 Å². The van der Waals surface area contributed by atoms with E-state index in [-0.39, 0.29) is 24.0 Å². The first-order valence-electron chi connectivity index (χ1n) is 11.2. The van der Waals surface area contributed by atoms with Crippen molar-refractivity contribution < 1.29 is 23.0 Å². The number of nitrogens with one attached hydrogen (secondary N) is 1. The highest BCUT2D eigenvalue weighted by molar-refractivity contribution is 5.82. The lowest BCUT2D eigenvalue weighted by Gasteiger charge is -2.32.